The van der Waals surface area contributed by atoms with Crippen LogP contribution in [-0.2, 0) is 9.05 Å². The van der Waals surface area contributed by atoms with Crippen molar-refractivity contribution >= 4 is 19.0 Å². The van der Waals surface area contributed by atoms with Crippen molar-refractivity contribution in [2.45, 2.75) is 26.1 Å². The smallest absolute Gasteiger partial charge is 0.277 e. The lowest BCUT2D eigenvalue weighted by Crippen LogP contribution is -2.13. The van der Waals surface area contributed by atoms with Crippen LogP contribution in [0.25, 0.3) is 0 Å². The summed E-state index contributed by atoms with van der Waals surface area (Å²) >= 11 is 5.52. The Balaban J connectivity index is 2.39. The number of rotatable bonds is 0. The first-order valence-electron chi connectivity index (χ1n) is 2.49. The Morgan fingerprint density at radius 3 is 1.75 bits per heavy atom. The van der Waals surface area contributed by atoms with Crippen LogP contribution < -0.4 is 0 Å². The zero-order chi connectivity index (χ0) is 6.15. The predicted molar refractivity (Wildman–Crippen MR) is 33.9 cm³/mol. The summed E-state index contributed by atoms with van der Waals surface area (Å²) in [5.74, 6) is 0. The Morgan fingerprint density at radius 1 is 1.25 bits per heavy atom. The first kappa shape index (κ1) is 6.76. The summed E-state index contributed by atoms with van der Waals surface area (Å²) in [6.45, 7) is 3.91. The van der Waals surface area contributed by atoms with Crippen LogP contribution in [0.4, 0.5) is 0 Å². The van der Waals surface area contributed by atoms with Crippen molar-refractivity contribution in [3.05, 3.63) is 0 Å². The van der Waals surface area contributed by atoms with Crippen molar-refractivity contribution in [2.24, 2.45) is 0 Å². The molecule has 0 bridgehead atoms. The average Bonchev–Trinajstić information content (AvgIpc) is 1.85. The Hall–Kier alpha value is 0.640. The summed E-state index contributed by atoms with van der Waals surface area (Å²) in [5, 5.41) is 0. The summed E-state index contributed by atoms with van der Waals surface area (Å²) in [7, 11) is -1.07. The number of halogens is 1. The molecule has 2 nitrogen and oxygen atoms in total. The van der Waals surface area contributed by atoms with Crippen molar-refractivity contribution in [2.75, 3.05) is 0 Å². The van der Waals surface area contributed by atoms with E-state index in [2.05, 4.69) is 0 Å². The van der Waals surface area contributed by atoms with Gasteiger partial charge in [0.2, 0.25) is 0 Å². The Bertz CT molecular complexity index is 80.1. The third-order valence-electron chi connectivity index (χ3n) is 1.16. The van der Waals surface area contributed by atoms with Crippen molar-refractivity contribution in [1.29, 1.82) is 0 Å². The van der Waals surface area contributed by atoms with Crippen LogP contribution in [0.1, 0.15) is 13.8 Å². The maximum Gasteiger partial charge on any atom is 0.277 e. The molecule has 1 rings (SSSR count). The lowest BCUT2D eigenvalue weighted by molar-refractivity contribution is 0.187. The molecule has 0 aliphatic carbocycles. The van der Waals surface area contributed by atoms with Crippen molar-refractivity contribution in [1.82, 2.24) is 0 Å². The summed E-state index contributed by atoms with van der Waals surface area (Å²) in [6.07, 6.45) is 0.331. The molecule has 2 atom stereocenters. The van der Waals surface area contributed by atoms with E-state index in [1.807, 2.05) is 13.8 Å². The fourth-order valence-electron chi connectivity index (χ4n) is 0.458. The SMILES string of the molecule is CC1OP(Cl)OC1C. The molecule has 0 radical (unpaired) electrons. The highest BCUT2D eigenvalue weighted by Crippen LogP contribution is 2.52. The normalized spacial score (nSPS) is 47.6. The molecular formula is C4H8ClO2P. The highest BCUT2D eigenvalue weighted by Gasteiger charge is 2.28. The van der Waals surface area contributed by atoms with Crippen LogP contribution in [0.5, 0.6) is 0 Å². The molecule has 0 N–H and O–H groups in total. The Labute approximate surface area is 54.8 Å². The van der Waals surface area contributed by atoms with E-state index in [1.54, 1.807) is 0 Å². The first-order valence-corrected chi connectivity index (χ1v) is 4.58. The monoisotopic (exact) mass is 154 g/mol. The van der Waals surface area contributed by atoms with E-state index in [0.29, 0.717) is 0 Å². The molecule has 2 unspecified atom stereocenters. The topological polar surface area (TPSA) is 18.5 Å². The van der Waals surface area contributed by atoms with Crippen molar-refractivity contribution in [3.63, 3.8) is 0 Å². The number of hydrogen-bond acceptors (Lipinski definition) is 2. The van der Waals surface area contributed by atoms with Crippen LogP contribution in [0.2, 0.25) is 0 Å². The minimum Gasteiger partial charge on any atom is -0.316 e. The highest BCUT2D eigenvalue weighted by molar-refractivity contribution is 7.76. The quantitative estimate of drug-likeness (QED) is 0.499. The van der Waals surface area contributed by atoms with Gasteiger partial charge in [0.25, 0.3) is 7.73 Å². The molecule has 0 aromatic rings. The minimum atomic E-state index is -1.07. The van der Waals surface area contributed by atoms with Gasteiger partial charge in [-0.2, -0.15) is 0 Å². The highest BCUT2D eigenvalue weighted by atomic mass is 35.7. The van der Waals surface area contributed by atoms with E-state index in [4.69, 9.17) is 20.3 Å². The van der Waals surface area contributed by atoms with Gasteiger partial charge in [0.1, 0.15) is 0 Å². The zero-order valence-electron chi connectivity index (χ0n) is 4.80. The maximum absolute atomic E-state index is 5.52. The van der Waals surface area contributed by atoms with Crippen LogP contribution in [-0.4, -0.2) is 12.2 Å². The number of hydrogen-bond donors (Lipinski definition) is 0. The fraction of sp³-hybridized carbons (Fsp3) is 1.00. The van der Waals surface area contributed by atoms with E-state index in [0.717, 1.165) is 0 Å². The predicted octanol–water partition coefficient (Wildman–Crippen LogP) is 2.28. The molecule has 1 aliphatic heterocycles. The van der Waals surface area contributed by atoms with Gasteiger partial charge in [-0.1, -0.05) is 0 Å². The van der Waals surface area contributed by atoms with E-state index in [1.165, 1.54) is 0 Å². The van der Waals surface area contributed by atoms with Gasteiger partial charge in [-0.15, -0.1) is 0 Å². The molecule has 0 amide bonds. The summed E-state index contributed by atoms with van der Waals surface area (Å²) in [6, 6.07) is 0. The Kier molecular flexibility index (Phi) is 2.10. The van der Waals surface area contributed by atoms with Crippen LogP contribution in [0, 0.1) is 0 Å². The second-order valence-electron chi connectivity index (χ2n) is 1.83. The molecule has 8 heavy (non-hydrogen) atoms. The largest absolute Gasteiger partial charge is 0.316 e. The first-order chi connectivity index (χ1) is 3.70. The van der Waals surface area contributed by atoms with Crippen LogP contribution in [0.3, 0.4) is 0 Å². The molecule has 1 saturated heterocycles. The fourth-order valence-corrected chi connectivity index (χ4v) is 2.13. The van der Waals surface area contributed by atoms with Crippen molar-refractivity contribution < 1.29 is 9.05 Å². The molecule has 0 aromatic carbocycles. The molecule has 48 valence electrons. The van der Waals surface area contributed by atoms with E-state index < -0.39 is 7.73 Å². The molecule has 0 saturated carbocycles. The summed E-state index contributed by atoms with van der Waals surface area (Å²) < 4.78 is 10.2. The average molecular weight is 155 g/mol. The zero-order valence-corrected chi connectivity index (χ0v) is 6.45. The van der Waals surface area contributed by atoms with E-state index in [9.17, 15) is 0 Å². The molecule has 0 spiro atoms. The van der Waals surface area contributed by atoms with Gasteiger partial charge < -0.3 is 9.05 Å². The van der Waals surface area contributed by atoms with Gasteiger partial charge in [-0.3, -0.25) is 0 Å². The van der Waals surface area contributed by atoms with E-state index >= 15 is 0 Å². The van der Waals surface area contributed by atoms with Gasteiger partial charge in [0.05, 0.1) is 12.2 Å². The van der Waals surface area contributed by atoms with E-state index in [-0.39, 0.29) is 12.2 Å². The minimum absolute atomic E-state index is 0.165. The third-order valence-corrected chi connectivity index (χ3v) is 2.63. The van der Waals surface area contributed by atoms with Crippen molar-refractivity contribution in [3.8, 4) is 0 Å². The maximum atomic E-state index is 5.52. The molecule has 1 fully saturated rings. The van der Waals surface area contributed by atoms with Gasteiger partial charge in [-0.05, 0) is 25.1 Å². The Morgan fingerprint density at radius 2 is 1.62 bits per heavy atom. The van der Waals surface area contributed by atoms with Gasteiger partial charge in [0.15, 0.2) is 0 Å². The molecule has 1 aliphatic rings. The van der Waals surface area contributed by atoms with Crippen LogP contribution in [0.15, 0.2) is 0 Å². The molecular weight excluding hydrogens is 146 g/mol. The standard InChI is InChI=1S/C4H8ClO2P/c1-3-4(2)7-8(5)6-3/h3-4H,1-2H3. The summed E-state index contributed by atoms with van der Waals surface area (Å²) in [4.78, 5) is 0. The lowest BCUT2D eigenvalue weighted by Gasteiger charge is -2.01. The second kappa shape index (κ2) is 2.49. The lowest BCUT2D eigenvalue weighted by atomic mass is 10.3. The van der Waals surface area contributed by atoms with Gasteiger partial charge in [0, 0.05) is 0 Å². The van der Waals surface area contributed by atoms with Crippen LogP contribution >= 0.6 is 19.0 Å². The second-order valence-corrected chi connectivity index (χ2v) is 3.51. The third kappa shape index (κ3) is 1.32. The summed E-state index contributed by atoms with van der Waals surface area (Å²) in [5.41, 5.74) is 0. The van der Waals surface area contributed by atoms with Gasteiger partial charge >= 0.3 is 0 Å². The molecule has 0 aromatic heterocycles. The van der Waals surface area contributed by atoms with Gasteiger partial charge in [-0.25, -0.2) is 0 Å². The molecule has 4 heteroatoms. The molecule has 1 heterocycles.